The molecule has 3 heterocycles. The maximum atomic E-state index is 12.3. The summed E-state index contributed by atoms with van der Waals surface area (Å²) in [6.07, 6.45) is 1.61. The third-order valence-corrected chi connectivity index (χ3v) is 5.36. The van der Waals surface area contributed by atoms with E-state index in [1.54, 1.807) is 40.2 Å². The van der Waals surface area contributed by atoms with Crippen molar-refractivity contribution in [2.45, 2.75) is 6.54 Å². The second-order valence-corrected chi connectivity index (χ2v) is 8.00. The lowest BCUT2D eigenvalue weighted by atomic mass is 10.4. The van der Waals surface area contributed by atoms with Crippen molar-refractivity contribution in [3.05, 3.63) is 48.0 Å². The number of guanidine groups is 1. The molecule has 2 aromatic rings. The van der Waals surface area contributed by atoms with Crippen LogP contribution in [0.2, 0.25) is 4.47 Å². The summed E-state index contributed by atoms with van der Waals surface area (Å²) in [5.74, 6) is -0.0370. The molecule has 0 aromatic carbocycles. The first-order chi connectivity index (χ1) is 12.4. The molecule has 1 aliphatic rings. The number of hydrogen-bond acceptors (Lipinski definition) is 7. The quantitative estimate of drug-likeness (QED) is 0.585. The Morgan fingerprint density at radius 2 is 2.35 bits per heavy atom. The molecule has 0 radical (unpaired) electrons. The minimum Gasteiger partial charge on any atom is -0.326 e. The zero-order valence-electron chi connectivity index (χ0n) is 13.5. The van der Waals surface area contributed by atoms with Gasteiger partial charge in [-0.25, -0.2) is 15.1 Å². The Kier molecular flexibility index (Phi) is 5.66. The molecule has 0 saturated carbocycles. The average Bonchev–Trinajstić information content (AvgIpc) is 3.22. The van der Waals surface area contributed by atoms with Crippen molar-refractivity contribution in [1.82, 2.24) is 25.2 Å². The van der Waals surface area contributed by atoms with Crippen molar-refractivity contribution in [2.75, 3.05) is 20.4 Å². The number of halogens is 1. The van der Waals surface area contributed by atoms with Gasteiger partial charge in [0.25, 0.3) is 11.9 Å². The molecule has 1 aliphatic heterocycles. The van der Waals surface area contributed by atoms with Crippen LogP contribution >= 0.6 is 34.3 Å². The van der Waals surface area contributed by atoms with Crippen molar-refractivity contribution >= 4 is 46.1 Å². The summed E-state index contributed by atoms with van der Waals surface area (Å²) >= 11 is 8.47. The molecule has 0 atom stereocenters. The number of carbonyl (C=O) groups is 1. The van der Waals surface area contributed by atoms with Crippen LogP contribution in [0, 0.1) is 10.1 Å². The highest BCUT2D eigenvalue weighted by atomic mass is 35.5. The van der Waals surface area contributed by atoms with Crippen LogP contribution in [-0.2, 0) is 6.54 Å². The monoisotopic (exact) mass is 415 g/mol. The first kappa shape index (κ1) is 18.5. The summed E-state index contributed by atoms with van der Waals surface area (Å²) in [6, 6.07) is 3.52. The summed E-state index contributed by atoms with van der Waals surface area (Å²) in [7, 11) is 1.67. The summed E-state index contributed by atoms with van der Waals surface area (Å²) in [5, 5.41) is 17.1. The number of hydrazine groups is 1. The third kappa shape index (κ3) is 4.46. The molecule has 1 fully saturated rings. The van der Waals surface area contributed by atoms with Gasteiger partial charge in [-0.3, -0.25) is 10.2 Å². The van der Waals surface area contributed by atoms with Gasteiger partial charge in [0.2, 0.25) is 0 Å². The molecule has 13 heteroatoms. The highest BCUT2D eigenvalue weighted by molar-refractivity contribution is 7.15. The van der Waals surface area contributed by atoms with Gasteiger partial charge in [0, 0.05) is 18.1 Å². The zero-order valence-corrected chi connectivity index (χ0v) is 15.9. The molecular weight excluding hydrogens is 402 g/mol. The largest absolute Gasteiger partial charge is 0.326 e. The molecule has 0 aliphatic carbocycles. The molecule has 2 aromatic heterocycles. The molecule has 0 bridgehead atoms. The normalized spacial score (nSPS) is 16.9. The molecule has 0 spiro atoms. The van der Waals surface area contributed by atoms with Gasteiger partial charge in [-0.15, -0.1) is 22.7 Å². The maximum absolute atomic E-state index is 12.3. The van der Waals surface area contributed by atoms with E-state index in [2.05, 4.69) is 15.5 Å². The van der Waals surface area contributed by atoms with Gasteiger partial charge in [-0.2, -0.15) is 5.01 Å². The number of carbonyl (C=O) groups excluding carboxylic acids is 1. The number of nitrogens with one attached hydrogen (secondary N) is 1. The van der Waals surface area contributed by atoms with Gasteiger partial charge in [0.15, 0.2) is 9.50 Å². The van der Waals surface area contributed by atoms with Crippen molar-refractivity contribution in [3.8, 4) is 0 Å². The maximum Gasteiger partial charge on any atom is 0.276 e. The summed E-state index contributed by atoms with van der Waals surface area (Å²) in [6.45, 7) is 0.806. The van der Waals surface area contributed by atoms with Crippen molar-refractivity contribution in [2.24, 2.45) is 5.10 Å². The van der Waals surface area contributed by atoms with Crippen LogP contribution < -0.4 is 5.43 Å². The van der Waals surface area contributed by atoms with Gasteiger partial charge in [0.05, 0.1) is 24.8 Å². The molecule has 26 heavy (non-hydrogen) atoms. The fourth-order valence-corrected chi connectivity index (χ4v) is 4.04. The van der Waals surface area contributed by atoms with E-state index in [4.69, 9.17) is 11.6 Å². The number of thiophene rings is 1. The Hall–Kier alpha value is -2.28. The third-order valence-electron chi connectivity index (χ3n) is 3.40. The highest BCUT2D eigenvalue weighted by Gasteiger charge is 2.30. The van der Waals surface area contributed by atoms with E-state index < -0.39 is 5.03 Å². The summed E-state index contributed by atoms with van der Waals surface area (Å²) < 4.78 is 0.390. The van der Waals surface area contributed by atoms with Crippen molar-refractivity contribution < 1.29 is 9.83 Å². The molecule has 1 N–H and O–H groups in total. The molecule has 138 valence electrons. The van der Waals surface area contributed by atoms with Gasteiger partial charge >= 0.3 is 0 Å². The molecular formula is C13H14ClN7O3S2. The van der Waals surface area contributed by atoms with E-state index >= 15 is 0 Å². The van der Waals surface area contributed by atoms with E-state index in [1.807, 2.05) is 5.38 Å². The lowest BCUT2D eigenvalue weighted by Crippen LogP contribution is -2.61. The van der Waals surface area contributed by atoms with Gasteiger partial charge in [0.1, 0.15) is 5.10 Å². The first-order valence-electron chi connectivity index (χ1n) is 7.31. The van der Waals surface area contributed by atoms with Gasteiger partial charge < -0.3 is 9.80 Å². The van der Waals surface area contributed by atoms with Crippen LogP contribution in [0.1, 0.15) is 14.5 Å². The predicted octanol–water partition coefficient (Wildman–Crippen LogP) is 1.72. The Balaban J connectivity index is 1.76. The summed E-state index contributed by atoms with van der Waals surface area (Å²) in [5.41, 5.74) is 2.80. The second kappa shape index (κ2) is 7.95. The predicted molar refractivity (Wildman–Crippen MR) is 98.2 cm³/mol. The summed E-state index contributed by atoms with van der Waals surface area (Å²) in [4.78, 5) is 31.8. The highest BCUT2D eigenvalue weighted by Crippen LogP contribution is 2.21. The first-order valence-corrected chi connectivity index (χ1v) is 9.38. The van der Waals surface area contributed by atoms with E-state index in [0.717, 1.165) is 4.88 Å². The van der Waals surface area contributed by atoms with E-state index in [1.165, 1.54) is 22.7 Å². The van der Waals surface area contributed by atoms with Crippen LogP contribution in [0.15, 0.2) is 28.8 Å². The van der Waals surface area contributed by atoms with Crippen LogP contribution in [0.5, 0.6) is 0 Å². The Labute approximate surface area is 161 Å². The number of hydrazone groups is 1. The number of rotatable bonds is 5. The lowest BCUT2D eigenvalue weighted by molar-refractivity contribution is -0.486. The van der Waals surface area contributed by atoms with Crippen LogP contribution in [0.25, 0.3) is 0 Å². The zero-order chi connectivity index (χ0) is 18.7. The lowest BCUT2D eigenvalue weighted by Gasteiger charge is -2.41. The smallest absolute Gasteiger partial charge is 0.276 e. The van der Waals surface area contributed by atoms with E-state index in [9.17, 15) is 14.9 Å². The number of hydrogen-bond donors (Lipinski definition) is 1. The topological polar surface area (TPSA) is 107 Å². The number of nitro groups is 1. The number of thiazole rings is 1. The molecule has 1 amide bonds. The molecule has 0 unspecified atom stereocenters. The Morgan fingerprint density at radius 3 is 2.96 bits per heavy atom. The molecule has 10 nitrogen and oxygen atoms in total. The Bertz CT molecular complexity index is 826. The fourth-order valence-electron chi connectivity index (χ4n) is 2.43. The Morgan fingerprint density at radius 1 is 1.54 bits per heavy atom. The van der Waals surface area contributed by atoms with E-state index in [-0.39, 0.29) is 25.2 Å². The van der Waals surface area contributed by atoms with Crippen LogP contribution in [0.3, 0.4) is 0 Å². The molecule has 3 rings (SSSR count). The minimum atomic E-state index is -0.738. The standard InChI is InChI=1S/C13H14ClN7O3S2/c1-18-7-20(16-11(22)10-3-2-4-25-10)8-19(13(18)17-21(23)24)6-9-5-15-12(14)26-9/h2-5H,6-8H2,1H3,(H,16,22)/b17-13+. The fraction of sp³-hybridized carbons (Fsp3) is 0.308. The second-order valence-electron chi connectivity index (χ2n) is 5.35. The van der Waals surface area contributed by atoms with Crippen LogP contribution in [0.4, 0.5) is 0 Å². The number of aromatic nitrogens is 1. The molecule has 1 saturated heterocycles. The van der Waals surface area contributed by atoms with Crippen molar-refractivity contribution in [1.29, 1.82) is 0 Å². The minimum absolute atomic E-state index is 0.196. The number of nitrogens with zero attached hydrogens (tertiary/aromatic N) is 6. The van der Waals surface area contributed by atoms with Gasteiger partial charge in [-0.1, -0.05) is 17.7 Å². The average molecular weight is 416 g/mol. The van der Waals surface area contributed by atoms with Crippen molar-refractivity contribution in [3.63, 3.8) is 0 Å². The SMILES string of the molecule is CN1CN(NC(=O)c2cccs2)CN(Cc2cnc(Cl)s2)/C1=N/[N+](=O)[O-]. The van der Waals surface area contributed by atoms with Crippen LogP contribution in [-0.4, -0.2) is 57.1 Å². The van der Waals surface area contributed by atoms with Gasteiger partial charge in [-0.05, 0) is 11.4 Å². The number of amides is 1. The van der Waals surface area contributed by atoms with E-state index in [0.29, 0.717) is 15.9 Å².